The summed E-state index contributed by atoms with van der Waals surface area (Å²) in [6.45, 7) is 8.30. The van der Waals surface area contributed by atoms with Crippen molar-refractivity contribution in [3.05, 3.63) is 34.4 Å². The summed E-state index contributed by atoms with van der Waals surface area (Å²) in [4.78, 5) is 23.3. The van der Waals surface area contributed by atoms with Crippen molar-refractivity contribution in [3.8, 4) is 0 Å². The lowest BCUT2D eigenvalue weighted by Gasteiger charge is -2.23. The van der Waals surface area contributed by atoms with Crippen molar-refractivity contribution in [1.29, 1.82) is 0 Å². The zero-order valence-electron chi connectivity index (χ0n) is 15.3. The summed E-state index contributed by atoms with van der Waals surface area (Å²) in [5.74, 6) is -2.08. The van der Waals surface area contributed by atoms with E-state index < -0.39 is 11.9 Å². The fourth-order valence-corrected chi connectivity index (χ4v) is 3.25. The number of hydrogen-bond donors (Lipinski definition) is 2. The van der Waals surface area contributed by atoms with Gasteiger partial charge in [0, 0.05) is 0 Å². The highest BCUT2D eigenvalue weighted by Gasteiger charge is 2.27. The van der Waals surface area contributed by atoms with Gasteiger partial charge in [-0.2, -0.15) is 0 Å². The van der Waals surface area contributed by atoms with Crippen molar-refractivity contribution in [3.63, 3.8) is 0 Å². The Morgan fingerprint density at radius 3 is 2.12 bits per heavy atom. The van der Waals surface area contributed by atoms with Crippen molar-refractivity contribution < 1.29 is 19.8 Å². The first kappa shape index (κ1) is 20.2. The third-order valence-electron chi connectivity index (χ3n) is 4.85. The highest BCUT2D eigenvalue weighted by atomic mass is 16.4. The summed E-state index contributed by atoms with van der Waals surface area (Å²) < 4.78 is 0. The highest BCUT2D eigenvalue weighted by Crippen LogP contribution is 2.35. The average Bonchev–Trinajstić information content (AvgIpc) is 2.56. The topological polar surface area (TPSA) is 74.6 Å². The monoisotopic (exact) mass is 334 g/mol. The smallest absolute Gasteiger partial charge is 0.336 e. The summed E-state index contributed by atoms with van der Waals surface area (Å²) in [7, 11) is 0. The van der Waals surface area contributed by atoms with Crippen LogP contribution in [0.15, 0.2) is 12.1 Å². The molecule has 2 unspecified atom stereocenters. The van der Waals surface area contributed by atoms with Gasteiger partial charge in [-0.25, -0.2) is 9.59 Å². The van der Waals surface area contributed by atoms with Crippen LogP contribution in [0.1, 0.15) is 110 Å². The molecule has 1 aromatic carbocycles. The lowest BCUT2D eigenvalue weighted by Crippen LogP contribution is -2.16. The van der Waals surface area contributed by atoms with Gasteiger partial charge in [0.1, 0.15) is 0 Å². The fraction of sp³-hybridized carbons (Fsp3) is 0.600. The molecule has 24 heavy (non-hydrogen) atoms. The normalized spacial score (nSPS) is 13.5. The maximum Gasteiger partial charge on any atom is 0.336 e. The fourth-order valence-electron chi connectivity index (χ4n) is 3.25. The van der Waals surface area contributed by atoms with Crippen LogP contribution in [0, 0.1) is 0 Å². The van der Waals surface area contributed by atoms with E-state index in [2.05, 4.69) is 20.8 Å². The first-order valence-corrected chi connectivity index (χ1v) is 8.98. The first-order valence-electron chi connectivity index (χ1n) is 8.98. The minimum absolute atomic E-state index is 0.0247. The Hall–Kier alpha value is -1.84. The number of carboxylic acids is 2. The van der Waals surface area contributed by atoms with Crippen LogP contribution in [0.5, 0.6) is 0 Å². The molecule has 0 spiro atoms. The van der Waals surface area contributed by atoms with E-state index in [-0.39, 0.29) is 23.0 Å². The SMILES string of the molecule is CCCCCCC(C)c1c(C(C)CC)ccc(C(=O)O)c1C(=O)O. The van der Waals surface area contributed by atoms with Crippen molar-refractivity contribution >= 4 is 11.9 Å². The van der Waals surface area contributed by atoms with Crippen LogP contribution >= 0.6 is 0 Å². The Kier molecular flexibility index (Phi) is 7.96. The van der Waals surface area contributed by atoms with Gasteiger partial charge in [0.2, 0.25) is 0 Å². The molecule has 0 heterocycles. The molecule has 2 atom stereocenters. The van der Waals surface area contributed by atoms with E-state index in [0.29, 0.717) is 5.56 Å². The molecule has 0 saturated carbocycles. The molecule has 0 fully saturated rings. The Balaban J connectivity index is 3.36. The second kappa shape index (κ2) is 9.45. The third kappa shape index (κ3) is 4.83. The average molecular weight is 334 g/mol. The molecule has 0 aliphatic rings. The Morgan fingerprint density at radius 2 is 1.62 bits per heavy atom. The van der Waals surface area contributed by atoms with Crippen LogP contribution in [0.2, 0.25) is 0 Å². The molecule has 1 rings (SSSR count). The third-order valence-corrected chi connectivity index (χ3v) is 4.85. The predicted octanol–water partition coefficient (Wildman–Crippen LogP) is 5.67. The molecule has 2 N–H and O–H groups in total. The van der Waals surface area contributed by atoms with Crippen molar-refractivity contribution in [2.24, 2.45) is 0 Å². The van der Waals surface area contributed by atoms with Gasteiger partial charge in [0.25, 0.3) is 0 Å². The van der Waals surface area contributed by atoms with E-state index in [9.17, 15) is 19.8 Å². The minimum Gasteiger partial charge on any atom is -0.478 e. The Bertz CT molecular complexity index is 577. The van der Waals surface area contributed by atoms with Crippen LogP contribution in [0.4, 0.5) is 0 Å². The second-order valence-electron chi connectivity index (χ2n) is 6.66. The lowest BCUT2D eigenvalue weighted by molar-refractivity contribution is 0.0650. The van der Waals surface area contributed by atoms with Crippen LogP contribution in [-0.4, -0.2) is 22.2 Å². The molecule has 4 nitrogen and oxygen atoms in total. The maximum atomic E-state index is 11.8. The number of unbranched alkanes of at least 4 members (excludes halogenated alkanes) is 3. The molecule has 0 bridgehead atoms. The number of aromatic carboxylic acids is 2. The van der Waals surface area contributed by atoms with Gasteiger partial charge in [-0.05, 0) is 41.9 Å². The van der Waals surface area contributed by atoms with E-state index in [1.807, 2.05) is 13.0 Å². The largest absolute Gasteiger partial charge is 0.478 e. The van der Waals surface area contributed by atoms with Crippen molar-refractivity contribution in [2.45, 2.75) is 78.1 Å². The zero-order valence-corrected chi connectivity index (χ0v) is 15.3. The van der Waals surface area contributed by atoms with Crippen LogP contribution in [-0.2, 0) is 0 Å². The predicted molar refractivity (Wildman–Crippen MR) is 96.2 cm³/mol. The van der Waals surface area contributed by atoms with E-state index in [0.717, 1.165) is 37.7 Å². The van der Waals surface area contributed by atoms with E-state index in [1.54, 1.807) is 0 Å². The summed E-state index contributed by atoms with van der Waals surface area (Å²) >= 11 is 0. The van der Waals surface area contributed by atoms with E-state index in [1.165, 1.54) is 12.5 Å². The van der Waals surface area contributed by atoms with Crippen molar-refractivity contribution in [1.82, 2.24) is 0 Å². The number of hydrogen-bond acceptors (Lipinski definition) is 2. The van der Waals surface area contributed by atoms with Gasteiger partial charge in [-0.15, -0.1) is 0 Å². The second-order valence-corrected chi connectivity index (χ2v) is 6.66. The molecule has 0 radical (unpaired) electrons. The van der Waals surface area contributed by atoms with E-state index >= 15 is 0 Å². The standard InChI is InChI=1S/C20H30O4/c1-5-7-8-9-10-14(4)17-15(13(3)6-2)11-12-16(19(21)22)18(17)20(23)24/h11-14H,5-10H2,1-4H3,(H,21,22)(H,23,24). The van der Waals surface area contributed by atoms with Gasteiger partial charge in [-0.3, -0.25) is 0 Å². The molecule has 0 aliphatic carbocycles. The molecule has 4 heteroatoms. The minimum atomic E-state index is -1.18. The van der Waals surface area contributed by atoms with Crippen molar-refractivity contribution in [2.75, 3.05) is 0 Å². The number of carbonyl (C=O) groups is 2. The highest BCUT2D eigenvalue weighted by molar-refractivity contribution is 6.03. The molecule has 0 aromatic heterocycles. The first-order chi connectivity index (χ1) is 11.3. The zero-order chi connectivity index (χ0) is 18.3. The summed E-state index contributed by atoms with van der Waals surface area (Å²) in [6, 6.07) is 3.25. The van der Waals surface area contributed by atoms with E-state index in [4.69, 9.17) is 0 Å². The maximum absolute atomic E-state index is 11.8. The van der Waals surface area contributed by atoms with Gasteiger partial charge >= 0.3 is 11.9 Å². The summed E-state index contributed by atoms with van der Waals surface area (Å²) in [5, 5.41) is 19.1. The molecule has 0 aliphatic heterocycles. The van der Waals surface area contributed by atoms with Gasteiger partial charge in [0.05, 0.1) is 11.1 Å². The summed E-state index contributed by atoms with van der Waals surface area (Å²) in [6.07, 6.45) is 6.26. The van der Waals surface area contributed by atoms with Crippen LogP contribution in [0.25, 0.3) is 0 Å². The molecule has 1 aromatic rings. The Morgan fingerprint density at radius 1 is 0.958 bits per heavy atom. The van der Waals surface area contributed by atoms with Crippen LogP contribution in [0.3, 0.4) is 0 Å². The quantitative estimate of drug-likeness (QED) is 0.540. The number of carboxylic acid groups (broad SMARTS) is 2. The number of benzene rings is 1. The Labute approximate surface area is 144 Å². The molecule has 134 valence electrons. The molecular weight excluding hydrogens is 304 g/mol. The molecular formula is C20H30O4. The van der Waals surface area contributed by atoms with Crippen LogP contribution < -0.4 is 0 Å². The lowest BCUT2D eigenvalue weighted by atomic mass is 9.81. The van der Waals surface area contributed by atoms with Gasteiger partial charge in [0.15, 0.2) is 0 Å². The van der Waals surface area contributed by atoms with Gasteiger partial charge < -0.3 is 10.2 Å². The molecule has 0 saturated heterocycles. The number of rotatable bonds is 10. The summed E-state index contributed by atoms with van der Waals surface area (Å²) in [5.41, 5.74) is 1.56. The molecule has 0 amide bonds. The van der Waals surface area contributed by atoms with Gasteiger partial charge in [-0.1, -0.05) is 59.4 Å².